The lowest BCUT2D eigenvalue weighted by Gasteiger charge is -2.06. The van der Waals surface area contributed by atoms with Gasteiger partial charge < -0.3 is 0 Å². The third-order valence-corrected chi connectivity index (χ3v) is 4.32. The molecular weight excluding hydrogens is 260 g/mol. The van der Waals surface area contributed by atoms with Crippen LogP contribution in [0.2, 0.25) is 0 Å². The predicted octanol–water partition coefficient (Wildman–Crippen LogP) is 5.45. The molecule has 0 bridgehead atoms. The van der Waals surface area contributed by atoms with Gasteiger partial charge in [-0.25, -0.2) is 0 Å². The fourth-order valence-corrected chi connectivity index (χ4v) is 2.75. The Kier molecular flexibility index (Phi) is 4.91. The smallest absolute Gasteiger partial charge is 0.0476 e. The molecular formula is C16H15ClS. The highest BCUT2D eigenvalue weighted by molar-refractivity contribution is 7.99. The lowest BCUT2D eigenvalue weighted by atomic mass is 10.1. The van der Waals surface area contributed by atoms with E-state index in [9.17, 15) is 0 Å². The van der Waals surface area contributed by atoms with Gasteiger partial charge in [-0.1, -0.05) is 60.1 Å². The zero-order valence-corrected chi connectivity index (χ0v) is 11.8. The minimum Gasteiger partial charge on any atom is -0.122 e. The van der Waals surface area contributed by atoms with Crippen LogP contribution in [0.3, 0.4) is 0 Å². The van der Waals surface area contributed by atoms with Crippen LogP contribution in [0, 0.1) is 0 Å². The van der Waals surface area contributed by atoms with E-state index in [0.717, 1.165) is 16.3 Å². The van der Waals surface area contributed by atoms with Crippen molar-refractivity contribution in [1.29, 1.82) is 0 Å². The van der Waals surface area contributed by atoms with Crippen LogP contribution in [0.15, 0.2) is 71.1 Å². The van der Waals surface area contributed by atoms with E-state index < -0.39 is 0 Å². The molecule has 2 aromatic rings. The second-order valence-electron chi connectivity index (χ2n) is 4.06. The highest BCUT2D eigenvalue weighted by atomic mass is 35.5. The van der Waals surface area contributed by atoms with E-state index >= 15 is 0 Å². The van der Waals surface area contributed by atoms with Crippen molar-refractivity contribution in [3.8, 4) is 0 Å². The molecule has 0 heterocycles. The number of hydrogen-bond donors (Lipinski definition) is 0. The minimum atomic E-state index is 0.860. The molecule has 0 aliphatic carbocycles. The quantitative estimate of drug-likeness (QED) is 0.668. The molecule has 0 aromatic heterocycles. The van der Waals surface area contributed by atoms with Crippen molar-refractivity contribution < 1.29 is 0 Å². The summed E-state index contributed by atoms with van der Waals surface area (Å²) in [6.07, 6.45) is 0. The highest BCUT2D eigenvalue weighted by Crippen LogP contribution is 2.27. The van der Waals surface area contributed by atoms with Gasteiger partial charge in [-0.15, -0.1) is 11.8 Å². The third kappa shape index (κ3) is 3.66. The molecule has 0 fully saturated rings. The van der Waals surface area contributed by atoms with Crippen LogP contribution in [-0.2, 0) is 0 Å². The van der Waals surface area contributed by atoms with Gasteiger partial charge in [-0.05, 0) is 30.2 Å². The Morgan fingerprint density at radius 1 is 0.944 bits per heavy atom. The Morgan fingerprint density at radius 2 is 1.50 bits per heavy atom. The normalized spacial score (nSPS) is 12.1. The number of halogens is 1. The van der Waals surface area contributed by atoms with E-state index in [0.29, 0.717) is 0 Å². The average Bonchev–Trinajstić information content (AvgIpc) is 2.46. The maximum absolute atomic E-state index is 6.39. The summed E-state index contributed by atoms with van der Waals surface area (Å²) in [4.78, 5) is 1.27. The summed E-state index contributed by atoms with van der Waals surface area (Å²) in [6.45, 7) is 2.09. The second kappa shape index (κ2) is 6.67. The van der Waals surface area contributed by atoms with Crippen molar-refractivity contribution in [3.05, 3.63) is 71.8 Å². The van der Waals surface area contributed by atoms with Crippen molar-refractivity contribution >= 4 is 28.4 Å². The van der Waals surface area contributed by atoms with Gasteiger partial charge in [-0.2, -0.15) is 0 Å². The minimum absolute atomic E-state index is 0.860. The van der Waals surface area contributed by atoms with E-state index in [4.69, 9.17) is 11.6 Å². The fourth-order valence-electron chi connectivity index (χ4n) is 1.60. The van der Waals surface area contributed by atoms with E-state index in [-0.39, 0.29) is 0 Å². The summed E-state index contributed by atoms with van der Waals surface area (Å²) in [5.74, 6) is 0.914. The van der Waals surface area contributed by atoms with Gasteiger partial charge in [0.2, 0.25) is 0 Å². The highest BCUT2D eigenvalue weighted by Gasteiger charge is 2.03. The molecule has 0 aliphatic heterocycles. The molecule has 0 saturated heterocycles. The lowest BCUT2D eigenvalue weighted by Crippen LogP contribution is -1.86. The zero-order chi connectivity index (χ0) is 12.8. The molecule has 0 saturated carbocycles. The predicted molar refractivity (Wildman–Crippen MR) is 82.1 cm³/mol. The first-order valence-electron chi connectivity index (χ1n) is 5.86. The summed E-state index contributed by atoms with van der Waals surface area (Å²) in [5, 5.41) is 0.860. The van der Waals surface area contributed by atoms with Crippen LogP contribution in [0.25, 0.3) is 5.03 Å². The lowest BCUT2D eigenvalue weighted by molar-refractivity contribution is 1.40. The van der Waals surface area contributed by atoms with Crippen LogP contribution in [-0.4, -0.2) is 5.75 Å². The SMILES string of the molecule is C/C(CSc1ccccc1)=C(/Cl)c1ccccc1. The first kappa shape index (κ1) is 13.3. The first-order chi connectivity index (χ1) is 8.77. The van der Waals surface area contributed by atoms with Crippen LogP contribution < -0.4 is 0 Å². The van der Waals surface area contributed by atoms with Gasteiger partial charge in [0, 0.05) is 15.7 Å². The summed E-state index contributed by atoms with van der Waals surface area (Å²) in [7, 11) is 0. The maximum Gasteiger partial charge on any atom is 0.0476 e. The number of rotatable bonds is 4. The monoisotopic (exact) mass is 274 g/mol. The van der Waals surface area contributed by atoms with Crippen LogP contribution >= 0.6 is 23.4 Å². The summed E-state index contributed by atoms with van der Waals surface area (Å²) < 4.78 is 0. The van der Waals surface area contributed by atoms with Gasteiger partial charge in [-0.3, -0.25) is 0 Å². The molecule has 2 heteroatoms. The number of hydrogen-bond acceptors (Lipinski definition) is 1. The van der Waals surface area contributed by atoms with Crippen LogP contribution in [0.5, 0.6) is 0 Å². The molecule has 2 aromatic carbocycles. The number of thioether (sulfide) groups is 1. The van der Waals surface area contributed by atoms with Gasteiger partial charge in [0.15, 0.2) is 0 Å². The Morgan fingerprint density at radius 3 is 2.11 bits per heavy atom. The van der Waals surface area contributed by atoms with Crippen molar-refractivity contribution in [2.75, 3.05) is 5.75 Å². The van der Waals surface area contributed by atoms with E-state index in [1.807, 2.05) is 48.2 Å². The molecule has 0 aliphatic rings. The van der Waals surface area contributed by atoms with E-state index in [2.05, 4.69) is 31.2 Å². The first-order valence-corrected chi connectivity index (χ1v) is 7.22. The van der Waals surface area contributed by atoms with Gasteiger partial charge >= 0.3 is 0 Å². The summed E-state index contributed by atoms with van der Waals surface area (Å²) >= 11 is 8.20. The Labute approximate surface area is 118 Å². The van der Waals surface area contributed by atoms with Gasteiger partial charge in [0.05, 0.1) is 0 Å². The van der Waals surface area contributed by atoms with Gasteiger partial charge in [0.1, 0.15) is 0 Å². The molecule has 92 valence electrons. The average molecular weight is 275 g/mol. The third-order valence-electron chi connectivity index (χ3n) is 2.60. The molecule has 0 amide bonds. The van der Waals surface area contributed by atoms with Crippen molar-refractivity contribution in [2.45, 2.75) is 11.8 Å². The van der Waals surface area contributed by atoms with Crippen LogP contribution in [0.4, 0.5) is 0 Å². The molecule has 0 N–H and O–H groups in total. The topological polar surface area (TPSA) is 0 Å². The van der Waals surface area contributed by atoms with Crippen molar-refractivity contribution in [1.82, 2.24) is 0 Å². The van der Waals surface area contributed by atoms with Crippen LogP contribution in [0.1, 0.15) is 12.5 Å². The molecule has 0 radical (unpaired) electrons. The molecule has 18 heavy (non-hydrogen) atoms. The molecule has 0 nitrogen and oxygen atoms in total. The Hall–Kier alpha value is -1.18. The summed E-state index contributed by atoms with van der Waals surface area (Å²) in [6, 6.07) is 20.5. The molecule has 0 unspecified atom stereocenters. The van der Waals surface area contributed by atoms with E-state index in [1.54, 1.807) is 0 Å². The molecule has 2 rings (SSSR count). The maximum atomic E-state index is 6.39. The molecule has 0 spiro atoms. The largest absolute Gasteiger partial charge is 0.122 e. The Balaban J connectivity index is 2.05. The standard InChI is InChI=1S/C16H15ClS/c1-13(12-18-15-10-6-3-7-11-15)16(17)14-8-4-2-5-9-14/h2-11H,12H2,1H3/b16-13-. The second-order valence-corrected chi connectivity index (χ2v) is 5.49. The summed E-state index contributed by atoms with van der Waals surface area (Å²) in [5.41, 5.74) is 2.29. The number of benzene rings is 2. The van der Waals surface area contributed by atoms with Gasteiger partial charge in [0.25, 0.3) is 0 Å². The van der Waals surface area contributed by atoms with Crippen molar-refractivity contribution in [2.24, 2.45) is 0 Å². The zero-order valence-electron chi connectivity index (χ0n) is 10.3. The van der Waals surface area contributed by atoms with Crippen molar-refractivity contribution in [3.63, 3.8) is 0 Å². The van der Waals surface area contributed by atoms with E-state index in [1.165, 1.54) is 10.5 Å². The molecule has 0 atom stereocenters. The Bertz CT molecular complexity index is 517. The fraction of sp³-hybridized carbons (Fsp3) is 0.125.